The van der Waals surface area contributed by atoms with E-state index in [4.69, 9.17) is 4.74 Å². The van der Waals surface area contributed by atoms with Crippen molar-refractivity contribution in [3.8, 4) is 0 Å². The molecule has 3 heteroatoms. The maximum absolute atomic E-state index is 5.41. The van der Waals surface area contributed by atoms with Gasteiger partial charge in [-0.15, -0.1) is 0 Å². The number of fused-ring (bicyclic) bond motifs is 1. The van der Waals surface area contributed by atoms with E-state index in [-0.39, 0.29) is 0 Å². The normalized spacial score (nSPS) is 19.5. The Morgan fingerprint density at radius 3 is 2.73 bits per heavy atom. The second kappa shape index (κ2) is 7.47. The lowest BCUT2D eigenvalue weighted by Crippen LogP contribution is -2.37. The number of benzene rings is 1. The van der Waals surface area contributed by atoms with E-state index < -0.39 is 0 Å². The lowest BCUT2D eigenvalue weighted by atomic mass is 9.96. The van der Waals surface area contributed by atoms with Crippen LogP contribution in [0.3, 0.4) is 0 Å². The van der Waals surface area contributed by atoms with Crippen LogP contribution < -0.4 is 4.90 Å². The molecule has 2 aliphatic rings. The third-order valence-corrected chi connectivity index (χ3v) is 4.97. The van der Waals surface area contributed by atoms with Crippen molar-refractivity contribution in [2.45, 2.75) is 45.6 Å². The highest BCUT2D eigenvalue weighted by atomic mass is 16.5. The van der Waals surface area contributed by atoms with E-state index in [0.717, 1.165) is 26.3 Å². The Hall–Kier alpha value is -1.06. The van der Waals surface area contributed by atoms with Crippen molar-refractivity contribution < 1.29 is 4.74 Å². The summed E-state index contributed by atoms with van der Waals surface area (Å²) in [6.07, 6.45) is 5.00. The molecule has 1 saturated heterocycles. The predicted molar refractivity (Wildman–Crippen MR) is 92.8 cm³/mol. The van der Waals surface area contributed by atoms with Crippen molar-refractivity contribution in [1.82, 2.24) is 4.90 Å². The van der Waals surface area contributed by atoms with Crippen molar-refractivity contribution in [2.24, 2.45) is 0 Å². The molecule has 0 spiro atoms. The molecule has 1 fully saturated rings. The van der Waals surface area contributed by atoms with Gasteiger partial charge in [-0.1, -0.05) is 12.1 Å². The smallest absolute Gasteiger partial charge is 0.0594 e. The Kier molecular flexibility index (Phi) is 5.37. The third kappa shape index (κ3) is 3.82. The zero-order valence-corrected chi connectivity index (χ0v) is 14.2. The third-order valence-electron chi connectivity index (χ3n) is 4.97. The van der Waals surface area contributed by atoms with Gasteiger partial charge in [-0.05, 0) is 63.3 Å². The molecule has 0 aliphatic carbocycles. The van der Waals surface area contributed by atoms with E-state index >= 15 is 0 Å². The van der Waals surface area contributed by atoms with Gasteiger partial charge in [0.15, 0.2) is 0 Å². The van der Waals surface area contributed by atoms with E-state index in [2.05, 4.69) is 41.8 Å². The molecule has 1 aromatic carbocycles. The van der Waals surface area contributed by atoms with Crippen LogP contribution in [0.1, 0.15) is 37.8 Å². The van der Waals surface area contributed by atoms with E-state index in [9.17, 15) is 0 Å². The van der Waals surface area contributed by atoms with Crippen molar-refractivity contribution in [3.63, 3.8) is 0 Å². The van der Waals surface area contributed by atoms with Gasteiger partial charge in [0.1, 0.15) is 0 Å². The van der Waals surface area contributed by atoms with Crippen molar-refractivity contribution >= 4 is 5.69 Å². The highest BCUT2D eigenvalue weighted by Gasteiger charge is 2.19. The summed E-state index contributed by atoms with van der Waals surface area (Å²) in [7, 11) is 0. The number of hydrogen-bond acceptors (Lipinski definition) is 3. The summed E-state index contributed by atoms with van der Waals surface area (Å²) < 4.78 is 5.41. The van der Waals surface area contributed by atoms with Gasteiger partial charge < -0.3 is 9.64 Å². The Labute approximate surface area is 135 Å². The van der Waals surface area contributed by atoms with Crippen LogP contribution in [-0.4, -0.2) is 50.3 Å². The van der Waals surface area contributed by atoms with Gasteiger partial charge in [-0.25, -0.2) is 0 Å². The monoisotopic (exact) mass is 302 g/mol. The molecule has 2 aliphatic heterocycles. The Morgan fingerprint density at radius 1 is 1.14 bits per heavy atom. The fourth-order valence-electron chi connectivity index (χ4n) is 3.70. The minimum absolute atomic E-state index is 0.603. The molecule has 1 aromatic rings. The number of nitrogens with zero attached hydrogens (tertiary/aromatic N) is 2. The van der Waals surface area contributed by atoms with Crippen molar-refractivity contribution in [1.29, 1.82) is 0 Å². The Balaban J connectivity index is 1.56. The van der Waals surface area contributed by atoms with Crippen LogP contribution in [0, 0.1) is 0 Å². The molecule has 3 nitrogen and oxygen atoms in total. The number of hydrogen-bond donors (Lipinski definition) is 0. The first-order chi connectivity index (χ1) is 10.7. The van der Waals surface area contributed by atoms with Gasteiger partial charge in [-0.2, -0.15) is 0 Å². The average molecular weight is 302 g/mol. The maximum Gasteiger partial charge on any atom is 0.0594 e. The molecule has 2 heterocycles. The number of ether oxygens (including phenoxy) is 1. The number of anilines is 1. The number of morpholine rings is 1. The van der Waals surface area contributed by atoms with Crippen LogP contribution in [0.5, 0.6) is 0 Å². The van der Waals surface area contributed by atoms with Crippen molar-refractivity contribution in [3.05, 3.63) is 29.3 Å². The Morgan fingerprint density at radius 2 is 1.95 bits per heavy atom. The fraction of sp³-hybridized carbons (Fsp3) is 0.684. The zero-order chi connectivity index (χ0) is 15.4. The molecule has 0 N–H and O–H groups in total. The standard InChI is InChI=1S/C19H30N2O/c1-16(2)21-10-4-6-18-15-17(7-8-19(18)21)5-3-9-20-11-13-22-14-12-20/h7-8,15-16H,3-6,9-14H2,1-2H3. The molecule has 0 saturated carbocycles. The first-order valence-electron chi connectivity index (χ1n) is 8.92. The molecule has 0 bridgehead atoms. The molecule has 0 unspecified atom stereocenters. The predicted octanol–water partition coefficient (Wildman–Crippen LogP) is 3.11. The minimum atomic E-state index is 0.603. The molecule has 0 atom stereocenters. The first kappa shape index (κ1) is 15.8. The van der Waals surface area contributed by atoms with E-state index in [0.29, 0.717) is 6.04 Å². The summed E-state index contributed by atoms with van der Waals surface area (Å²) in [6.45, 7) is 11.0. The second-order valence-corrected chi connectivity index (χ2v) is 6.91. The molecule has 0 aromatic heterocycles. The molecular formula is C19H30N2O. The number of rotatable bonds is 5. The average Bonchev–Trinajstić information content (AvgIpc) is 2.55. The van der Waals surface area contributed by atoms with Crippen LogP contribution >= 0.6 is 0 Å². The highest BCUT2D eigenvalue weighted by Crippen LogP contribution is 2.29. The lowest BCUT2D eigenvalue weighted by molar-refractivity contribution is 0.0375. The Bertz CT molecular complexity index is 480. The van der Waals surface area contributed by atoms with Crippen LogP contribution in [0.2, 0.25) is 0 Å². The van der Waals surface area contributed by atoms with Crippen LogP contribution in [0.25, 0.3) is 0 Å². The fourth-order valence-corrected chi connectivity index (χ4v) is 3.70. The van der Waals surface area contributed by atoms with Gasteiger partial charge in [0.25, 0.3) is 0 Å². The second-order valence-electron chi connectivity index (χ2n) is 6.91. The van der Waals surface area contributed by atoms with E-state index in [1.807, 2.05) is 0 Å². The van der Waals surface area contributed by atoms with Gasteiger partial charge >= 0.3 is 0 Å². The minimum Gasteiger partial charge on any atom is -0.379 e. The quantitative estimate of drug-likeness (QED) is 0.831. The van der Waals surface area contributed by atoms with E-state index in [1.54, 1.807) is 5.56 Å². The summed E-state index contributed by atoms with van der Waals surface area (Å²) >= 11 is 0. The molecule has 0 radical (unpaired) electrons. The lowest BCUT2D eigenvalue weighted by Gasteiger charge is -2.35. The molecule has 3 rings (SSSR count). The highest BCUT2D eigenvalue weighted by molar-refractivity contribution is 5.57. The maximum atomic E-state index is 5.41. The van der Waals surface area contributed by atoms with Crippen LogP contribution in [-0.2, 0) is 17.6 Å². The largest absolute Gasteiger partial charge is 0.379 e. The SMILES string of the molecule is CC(C)N1CCCc2cc(CCCN3CCOCC3)ccc21. The molecule has 0 amide bonds. The van der Waals surface area contributed by atoms with Crippen molar-refractivity contribution in [2.75, 3.05) is 44.3 Å². The summed E-state index contributed by atoms with van der Waals surface area (Å²) in [5, 5.41) is 0. The molecular weight excluding hydrogens is 272 g/mol. The summed E-state index contributed by atoms with van der Waals surface area (Å²) in [4.78, 5) is 5.08. The summed E-state index contributed by atoms with van der Waals surface area (Å²) in [5.74, 6) is 0. The van der Waals surface area contributed by atoms with Gasteiger partial charge in [-0.3, -0.25) is 4.90 Å². The van der Waals surface area contributed by atoms with E-state index in [1.165, 1.54) is 50.0 Å². The summed E-state index contributed by atoms with van der Waals surface area (Å²) in [5.41, 5.74) is 4.54. The first-order valence-corrected chi connectivity index (χ1v) is 8.92. The molecule has 122 valence electrons. The van der Waals surface area contributed by atoms with Gasteiger partial charge in [0, 0.05) is 31.4 Å². The van der Waals surface area contributed by atoms with Gasteiger partial charge in [0.05, 0.1) is 13.2 Å². The van der Waals surface area contributed by atoms with Crippen LogP contribution in [0.4, 0.5) is 5.69 Å². The topological polar surface area (TPSA) is 15.7 Å². The van der Waals surface area contributed by atoms with Gasteiger partial charge in [0.2, 0.25) is 0 Å². The zero-order valence-electron chi connectivity index (χ0n) is 14.2. The molecule has 22 heavy (non-hydrogen) atoms. The van der Waals surface area contributed by atoms with Crippen LogP contribution in [0.15, 0.2) is 18.2 Å². The summed E-state index contributed by atoms with van der Waals surface area (Å²) in [6, 6.07) is 7.77. The number of aryl methyl sites for hydroxylation is 2.